The van der Waals surface area contributed by atoms with Gasteiger partial charge in [0.2, 0.25) is 0 Å². The summed E-state index contributed by atoms with van der Waals surface area (Å²) in [7, 11) is 0. The van der Waals surface area contributed by atoms with Gasteiger partial charge in [0.05, 0.1) is 0 Å². The quantitative estimate of drug-likeness (QED) is 0.440. The third kappa shape index (κ3) is 4.13. The Labute approximate surface area is 101 Å². The van der Waals surface area contributed by atoms with E-state index in [0.717, 1.165) is 0 Å². The van der Waals surface area contributed by atoms with Gasteiger partial charge in [-0.05, 0) is 6.92 Å². The van der Waals surface area contributed by atoms with Crippen LogP contribution in [0.2, 0.25) is 0 Å². The van der Waals surface area contributed by atoms with Gasteiger partial charge in [0.25, 0.3) is 3.79 Å². The van der Waals surface area contributed by atoms with E-state index < -0.39 is 14.3 Å². The maximum Gasteiger partial charge on any atom is 0.335 e. The number of alkyl halides is 5. The minimum atomic E-state index is -2.23. The van der Waals surface area contributed by atoms with Crippen molar-refractivity contribution in [2.45, 2.75) is 15.2 Å². The Bertz CT molecular complexity index is 230. The van der Waals surface area contributed by atoms with Crippen LogP contribution < -0.4 is 0 Å². The van der Waals surface area contributed by atoms with Crippen molar-refractivity contribution in [2.75, 3.05) is 0 Å². The molecule has 0 aromatic rings. The van der Waals surface area contributed by atoms with E-state index >= 15 is 0 Å². The zero-order valence-corrected chi connectivity index (χ0v) is 10.2. The Hall–Kier alpha value is 0.660. The maximum absolute atomic E-state index is 10.9. The molecule has 0 bridgehead atoms. The van der Waals surface area contributed by atoms with Gasteiger partial charge in [-0.3, -0.25) is 0 Å². The number of esters is 1. The highest BCUT2D eigenvalue weighted by Gasteiger charge is 2.49. The van der Waals surface area contributed by atoms with Gasteiger partial charge in [-0.2, -0.15) is 0 Å². The van der Waals surface area contributed by atoms with E-state index in [1.807, 2.05) is 0 Å². The van der Waals surface area contributed by atoms with Gasteiger partial charge < -0.3 is 4.74 Å². The Balaban J connectivity index is 4.53. The lowest BCUT2D eigenvalue weighted by molar-refractivity contribution is -0.142. The lowest BCUT2D eigenvalue weighted by atomic mass is 10.4. The fourth-order valence-corrected chi connectivity index (χ4v) is 0.517. The normalized spacial score (nSPS) is 12.5. The summed E-state index contributed by atoms with van der Waals surface area (Å²) in [6.07, 6.45) is 0. The zero-order valence-electron chi connectivity index (χ0n) is 6.41. The molecule has 13 heavy (non-hydrogen) atoms. The van der Waals surface area contributed by atoms with Gasteiger partial charge in [-0.1, -0.05) is 64.6 Å². The van der Waals surface area contributed by atoms with E-state index in [1.165, 1.54) is 6.92 Å². The first-order valence-corrected chi connectivity index (χ1v) is 4.80. The summed E-state index contributed by atoms with van der Waals surface area (Å²) in [5.41, 5.74) is 0.0972. The molecule has 0 amide bonds. The van der Waals surface area contributed by atoms with Crippen LogP contribution in [0, 0.1) is 0 Å². The second-order valence-electron chi connectivity index (χ2n) is 2.18. The van der Waals surface area contributed by atoms with E-state index in [4.69, 9.17) is 58.0 Å². The molecule has 2 nitrogen and oxygen atoms in total. The molecule has 7 heteroatoms. The molecule has 0 fully saturated rings. The number of rotatable bonds is 2. The third-order valence-electron chi connectivity index (χ3n) is 0.899. The van der Waals surface area contributed by atoms with Crippen LogP contribution in [0.4, 0.5) is 0 Å². The second-order valence-corrected chi connectivity index (χ2v) is 5.72. The highest BCUT2D eigenvalue weighted by Crippen LogP contribution is 2.46. The first-order valence-electron chi connectivity index (χ1n) is 2.91. The molecule has 0 aliphatic carbocycles. The zero-order chi connectivity index (χ0) is 10.9. The molecule has 0 saturated carbocycles. The molecule has 0 aromatic carbocycles. The molecule has 0 aromatic heterocycles. The average molecular weight is 286 g/mol. The molecule has 0 atom stereocenters. The molecule has 0 spiro atoms. The first kappa shape index (κ1) is 13.7. The van der Waals surface area contributed by atoms with Gasteiger partial charge in [-0.15, -0.1) is 0 Å². The van der Waals surface area contributed by atoms with Crippen molar-refractivity contribution in [3.05, 3.63) is 12.2 Å². The number of carbonyl (C=O) groups excluding carboxylic acids is 1. The van der Waals surface area contributed by atoms with Crippen LogP contribution in [0.3, 0.4) is 0 Å². The highest BCUT2D eigenvalue weighted by molar-refractivity contribution is 6.75. The Kier molecular flexibility index (Phi) is 4.68. The Morgan fingerprint density at radius 1 is 1.23 bits per heavy atom. The number of hydrogen-bond donors (Lipinski definition) is 0. The summed E-state index contributed by atoms with van der Waals surface area (Å²) in [5.74, 6) is -0.837. The monoisotopic (exact) mass is 284 g/mol. The van der Waals surface area contributed by atoms with Crippen molar-refractivity contribution in [3.63, 3.8) is 0 Å². The van der Waals surface area contributed by atoms with E-state index in [-0.39, 0.29) is 5.57 Å². The second kappa shape index (κ2) is 4.45. The molecular weight excluding hydrogens is 281 g/mol. The van der Waals surface area contributed by atoms with Crippen LogP contribution in [0.1, 0.15) is 6.92 Å². The molecule has 0 saturated heterocycles. The van der Waals surface area contributed by atoms with E-state index in [2.05, 4.69) is 11.3 Å². The molecule has 0 rings (SSSR count). The van der Waals surface area contributed by atoms with Crippen LogP contribution in [0.25, 0.3) is 0 Å². The molecule has 0 aliphatic rings. The molecule has 0 N–H and O–H groups in total. The summed E-state index contributed by atoms with van der Waals surface area (Å²) in [5, 5.41) is 0. The van der Waals surface area contributed by atoms with Crippen molar-refractivity contribution >= 4 is 64.0 Å². The molecule has 0 radical (unpaired) electrons. The standard InChI is InChI=1S/C6H5Cl5O2/c1-3(2)4(12)13-6(10,11)5(7,8)9/h1H2,2H3. The molecule has 76 valence electrons. The van der Waals surface area contributed by atoms with Crippen LogP contribution in [-0.4, -0.2) is 14.3 Å². The predicted molar refractivity (Wildman–Crippen MR) is 55.6 cm³/mol. The van der Waals surface area contributed by atoms with Crippen molar-refractivity contribution < 1.29 is 9.53 Å². The van der Waals surface area contributed by atoms with Crippen LogP contribution in [0.5, 0.6) is 0 Å². The predicted octanol–water partition coefficient (Wildman–Crippen LogP) is 3.61. The smallest absolute Gasteiger partial charge is 0.335 e. The SMILES string of the molecule is C=C(C)C(=O)OC(Cl)(Cl)C(Cl)(Cl)Cl. The van der Waals surface area contributed by atoms with Gasteiger partial charge in [0, 0.05) is 5.57 Å². The van der Waals surface area contributed by atoms with Crippen molar-refractivity contribution in [3.8, 4) is 0 Å². The van der Waals surface area contributed by atoms with E-state index in [1.54, 1.807) is 0 Å². The van der Waals surface area contributed by atoms with E-state index in [0.29, 0.717) is 0 Å². The molecule has 0 heterocycles. The van der Waals surface area contributed by atoms with Crippen LogP contribution in [0.15, 0.2) is 12.2 Å². The van der Waals surface area contributed by atoms with Crippen LogP contribution in [-0.2, 0) is 9.53 Å². The Morgan fingerprint density at radius 2 is 1.62 bits per heavy atom. The summed E-state index contributed by atoms with van der Waals surface area (Å²) in [6.45, 7) is 4.71. The fraction of sp³-hybridized carbons (Fsp3) is 0.500. The van der Waals surface area contributed by atoms with Crippen molar-refractivity contribution in [1.29, 1.82) is 0 Å². The highest BCUT2D eigenvalue weighted by atomic mass is 35.6. The summed E-state index contributed by atoms with van der Waals surface area (Å²) < 4.78 is 0.108. The number of halogens is 5. The fourth-order valence-electron chi connectivity index (χ4n) is 0.261. The first-order chi connectivity index (χ1) is 5.58. The van der Waals surface area contributed by atoms with Crippen LogP contribution >= 0.6 is 58.0 Å². The number of ether oxygens (including phenoxy) is 1. The van der Waals surface area contributed by atoms with Gasteiger partial charge >= 0.3 is 10.5 Å². The number of carbonyl (C=O) groups is 1. The van der Waals surface area contributed by atoms with Crippen molar-refractivity contribution in [2.24, 2.45) is 0 Å². The topological polar surface area (TPSA) is 26.3 Å². The van der Waals surface area contributed by atoms with Gasteiger partial charge in [0.1, 0.15) is 0 Å². The summed E-state index contributed by atoms with van der Waals surface area (Å²) in [4.78, 5) is 10.9. The van der Waals surface area contributed by atoms with Gasteiger partial charge in [0.15, 0.2) is 0 Å². The average Bonchev–Trinajstić information content (AvgIpc) is 1.83. The largest absolute Gasteiger partial charge is 0.421 e. The Morgan fingerprint density at radius 3 is 1.85 bits per heavy atom. The lowest BCUT2D eigenvalue weighted by Crippen LogP contribution is -2.36. The van der Waals surface area contributed by atoms with Crippen molar-refractivity contribution in [1.82, 2.24) is 0 Å². The third-order valence-corrected chi connectivity index (χ3v) is 3.00. The number of hydrogen-bond acceptors (Lipinski definition) is 2. The van der Waals surface area contributed by atoms with Gasteiger partial charge in [-0.25, -0.2) is 4.79 Å². The molecule has 0 unspecified atom stereocenters. The minimum absolute atomic E-state index is 0.0972. The molecule has 0 aliphatic heterocycles. The summed E-state index contributed by atoms with van der Waals surface area (Å²) >= 11 is 26.9. The van der Waals surface area contributed by atoms with E-state index in [9.17, 15) is 4.79 Å². The summed E-state index contributed by atoms with van der Waals surface area (Å²) in [6, 6.07) is 0. The molecular formula is C6H5Cl5O2. The maximum atomic E-state index is 10.9. The lowest BCUT2D eigenvalue weighted by Gasteiger charge is -2.26. The minimum Gasteiger partial charge on any atom is -0.421 e.